The van der Waals surface area contributed by atoms with Crippen LogP contribution in [0.3, 0.4) is 0 Å². The zero-order valence-corrected chi connectivity index (χ0v) is 16.1. The first-order valence-corrected chi connectivity index (χ1v) is 9.52. The van der Waals surface area contributed by atoms with Gasteiger partial charge in [0, 0.05) is 6.42 Å². The quantitative estimate of drug-likeness (QED) is 0.726. The molecule has 2 aromatic carbocycles. The Morgan fingerprint density at radius 2 is 1.75 bits per heavy atom. The van der Waals surface area contributed by atoms with E-state index in [4.69, 9.17) is 0 Å². The number of rotatable bonds is 7. The maximum absolute atomic E-state index is 12.5. The van der Waals surface area contributed by atoms with Crippen molar-refractivity contribution in [3.63, 3.8) is 0 Å². The van der Waals surface area contributed by atoms with Gasteiger partial charge >= 0.3 is 6.03 Å². The van der Waals surface area contributed by atoms with Gasteiger partial charge < -0.3 is 10.6 Å². The molecule has 0 aliphatic carbocycles. The molecule has 0 radical (unpaired) electrons. The third-order valence-corrected chi connectivity index (χ3v) is 4.96. The van der Waals surface area contributed by atoms with Crippen LogP contribution in [0.4, 0.5) is 4.79 Å². The van der Waals surface area contributed by atoms with Crippen molar-refractivity contribution in [3.05, 3.63) is 71.3 Å². The minimum absolute atomic E-state index is 0.209. The van der Waals surface area contributed by atoms with E-state index >= 15 is 0 Å². The summed E-state index contributed by atoms with van der Waals surface area (Å²) < 4.78 is 0. The first kappa shape index (κ1) is 19.6. The molecule has 0 saturated carbocycles. The van der Waals surface area contributed by atoms with Crippen LogP contribution in [0.2, 0.25) is 0 Å². The lowest BCUT2D eigenvalue weighted by molar-refractivity contribution is -0.132. The van der Waals surface area contributed by atoms with E-state index in [1.54, 1.807) is 0 Å². The van der Waals surface area contributed by atoms with Crippen LogP contribution in [0.25, 0.3) is 0 Å². The maximum Gasteiger partial charge on any atom is 0.325 e. The second-order valence-corrected chi connectivity index (χ2v) is 7.00. The summed E-state index contributed by atoms with van der Waals surface area (Å²) in [6.45, 7) is 3.68. The van der Waals surface area contributed by atoms with Gasteiger partial charge in [0.25, 0.3) is 5.91 Å². The SMILES string of the molecule is CCc1ccc(C(C)NC(=O)CN2C(=O)NC(Cc3ccccc3)C2=O)cc1. The van der Waals surface area contributed by atoms with E-state index in [-0.39, 0.29) is 24.4 Å². The minimum atomic E-state index is -0.637. The second-order valence-electron chi connectivity index (χ2n) is 7.00. The summed E-state index contributed by atoms with van der Waals surface area (Å²) >= 11 is 0. The molecule has 2 unspecified atom stereocenters. The summed E-state index contributed by atoms with van der Waals surface area (Å²) in [5.41, 5.74) is 3.16. The molecule has 2 N–H and O–H groups in total. The predicted molar refractivity (Wildman–Crippen MR) is 107 cm³/mol. The number of hydrogen-bond acceptors (Lipinski definition) is 3. The highest BCUT2D eigenvalue weighted by molar-refractivity contribution is 6.06. The average Bonchev–Trinajstić information content (AvgIpc) is 2.96. The number of nitrogens with zero attached hydrogens (tertiary/aromatic N) is 1. The topological polar surface area (TPSA) is 78.5 Å². The fourth-order valence-corrected chi connectivity index (χ4v) is 3.27. The second kappa shape index (κ2) is 8.69. The van der Waals surface area contributed by atoms with Gasteiger partial charge in [-0.1, -0.05) is 61.5 Å². The van der Waals surface area contributed by atoms with E-state index in [0.29, 0.717) is 6.42 Å². The lowest BCUT2D eigenvalue weighted by Gasteiger charge is -2.17. The molecule has 6 heteroatoms. The molecule has 1 aliphatic rings. The molecule has 146 valence electrons. The Labute approximate surface area is 164 Å². The molecule has 28 heavy (non-hydrogen) atoms. The van der Waals surface area contributed by atoms with Crippen molar-refractivity contribution in [3.8, 4) is 0 Å². The molecular weight excluding hydrogens is 354 g/mol. The molecule has 4 amide bonds. The largest absolute Gasteiger partial charge is 0.348 e. The summed E-state index contributed by atoms with van der Waals surface area (Å²) in [5.74, 6) is -0.736. The van der Waals surface area contributed by atoms with E-state index < -0.39 is 12.1 Å². The first-order chi connectivity index (χ1) is 13.5. The molecule has 2 aromatic rings. The van der Waals surface area contributed by atoms with Gasteiger partial charge in [0.1, 0.15) is 12.6 Å². The Kier molecular flexibility index (Phi) is 6.09. The van der Waals surface area contributed by atoms with Crippen LogP contribution in [0.1, 0.15) is 36.6 Å². The van der Waals surface area contributed by atoms with Gasteiger partial charge in [-0.25, -0.2) is 4.79 Å². The Morgan fingerprint density at radius 3 is 2.39 bits per heavy atom. The number of benzene rings is 2. The van der Waals surface area contributed by atoms with Gasteiger partial charge in [0.15, 0.2) is 0 Å². The van der Waals surface area contributed by atoms with E-state index in [0.717, 1.165) is 22.4 Å². The van der Waals surface area contributed by atoms with Gasteiger partial charge in [0.05, 0.1) is 6.04 Å². The van der Waals surface area contributed by atoms with Crippen LogP contribution in [-0.2, 0) is 22.4 Å². The molecule has 1 fully saturated rings. The smallest absolute Gasteiger partial charge is 0.325 e. The van der Waals surface area contributed by atoms with Crippen molar-refractivity contribution < 1.29 is 14.4 Å². The predicted octanol–water partition coefficient (Wildman–Crippen LogP) is 2.59. The van der Waals surface area contributed by atoms with Gasteiger partial charge in [-0.2, -0.15) is 0 Å². The van der Waals surface area contributed by atoms with Crippen molar-refractivity contribution in [1.29, 1.82) is 0 Å². The molecule has 0 bridgehead atoms. The highest BCUT2D eigenvalue weighted by atomic mass is 16.2. The Hall–Kier alpha value is -3.15. The maximum atomic E-state index is 12.5. The summed E-state index contributed by atoms with van der Waals surface area (Å²) in [6.07, 6.45) is 1.36. The van der Waals surface area contributed by atoms with Crippen LogP contribution in [0, 0.1) is 0 Å². The lowest BCUT2D eigenvalue weighted by Crippen LogP contribution is -2.42. The highest BCUT2D eigenvalue weighted by Crippen LogP contribution is 2.15. The van der Waals surface area contributed by atoms with Crippen molar-refractivity contribution in [2.24, 2.45) is 0 Å². The van der Waals surface area contributed by atoms with Crippen LogP contribution in [0.5, 0.6) is 0 Å². The van der Waals surface area contributed by atoms with Crippen molar-refractivity contribution in [2.45, 2.75) is 38.8 Å². The number of carbonyl (C=O) groups is 3. The van der Waals surface area contributed by atoms with Crippen molar-refractivity contribution in [2.75, 3.05) is 6.54 Å². The molecule has 0 spiro atoms. The summed E-state index contributed by atoms with van der Waals surface area (Å²) in [5, 5.41) is 5.52. The summed E-state index contributed by atoms with van der Waals surface area (Å²) in [6, 6.07) is 16.1. The van der Waals surface area contributed by atoms with Crippen LogP contribution in [-0.4, -0.2) is 35.3 Å². The zero-order valence-electron chi connectivity index (χ0n) is 16.1. The summed E-state index contributed by atoms with van der Waals surface area (Å²) in [7, 11) is 0. The number of imide groups is 1. The number of aryl methyl sites for hydroxylation is 1. The van der Waals surface area contributed by atoms with E-state index in [1.165, 1.54) is 5.56 Å². The van der Waals surface area contributed by atoms with Gasteiger partial charge in [-0.3, -0.25) is 14.5 Å². The van der Waals surface area contributed by atoms with E-state index in [2.05, 4.69) is 17.6 Å². The number of hydrogen-bond donors (Lipinski definition) is 2. The Bertz CT molecular complexity index is 849. The molecule has 3 rings (SSSR count). The van der Waals surface area contributed by atoms with Gasteiger partial charge in [-0.05, 0) is 30.0 Å². The number of nitrogens with one attached hydrogen (secondary N) is 2. The van der Waals surface area contributed by atoms with Crippen LogP contribution in [0.15, 0.2) is 54.6 Å². The third kappa shape index (κ3) is 4.57. The summed E-state index contributed by atoms with van der Waals surface area (Å²) in [4.78, 5) is 38.1. The van der Waals surface area contributed by atoms with Crippen LogP contribution < -0.4 is 10.6 Å². The van der Waals surface area contributed by atoms with Crippen molar-refractivity contribution in [1.82, 2.24) is 15.5 Å². The third-order valence-electron chi connectivity index (χ3n) is 4.96. The molecule has 2 atom stereocenters. The Balaban J connectivity index is 1.57. The molecule has 6 nitrogen and oxygen atoms in total. The van der Waals surface area contributed by atoms with Gasteiger partial charge in [-0.15, -0.1) is 0 Å². The average molecular weight is 379 g/mol. The minimum Gasteiger partial charge on any atom is -0.348 e. The first-order valence-electron chi connectivity index (χ1n) is 9.52. The normalized spacial score (nSPS) is 17.4. The lowest BCUT2D eigenvalue weighted by atomic mass is 10.0. The highest BCUT2D eigenvalue weighted by Gasteiger charge is 2.38. The fourth-order valence-electron chi connectivity index (χ4n) is 3.27. The van der Waals surface area contributed by atoms with Crippen molar-refractivity contribution >= 4 is 17.8 Å². The number of carbonyl (C=O) groups excluding carboxylic acids is 3. The number of urea groups is 1. The molecule has 0 aromatic heterocycles. The van der Waals surface area contributed by atoms with E-state index in [9.17, 15) is 14.4 Å². The number of amides is 4. The van der Waals surface area contributed by atoms with E-state index in [1.807, 2.05) is 61.5 Å². The molecule has 1 aliphatic heterocycles. The molecular formula is C22H25N3O3. The fraction of sp³-hybridized carbons (Fsp3) is 0.318. The standard InChI is InChI=1S/C22H25N3O3/c1-3-16-9-11-18(12-10-16)15(2)23-20(26)14-25-21(27)19(24-22(25)28)13-17-7-5-4-6-8-17/h4-12,15,19H,3,13-14H2,1-2H3,(H,23,26)(H,24,28). The van der Waals surface area contributed by atoms with Crippen LogP contribution >= 0.6 is 0 Å². The molecule has 1 heterocycles. The molecule has 1 saturated heterocycles. The monoisotopic (exact) mass is 379 g/mol. The Morgan fingerprint density at radius 1 is 1.07 bits per heavy atom. The van der Waals surface area contributed by atoms with Gasteiger partial charge in [0.2, 0.25) is 5.91 Å². The zero-order chi connectivity index (χ0) is 20.1.